The van der Waals surface area contributed by atoms with Crippen molar-refractivity contribution in [3.8, 4) is 11.5 Å². The summed E-state index contributed by atoms with van der Waals surface area (Å²) in [5.41, 5.74) is 0.819. The summed E-state index contributed by atoms with van der Waals surface area (Å²) in [5.74, 6) is 1.13. The molecule has 6 nitrogen and oxygen atoms in total. The molecule has 2 aliphatic heterocycles. The van der Waals surface area contributed by atoms with Crippen molar-refractivity contribution >= 4 is 22.7 Å². The van der Waals surface area contributed by atoms with E-state index in [1.807, 2.05) is 60.7 Å². The highest BCUT2D eigenvalue weighted by Crippen LogP contribution is 2.34. The SMILES string of the molecule is CC1(Cc2ccc3c(c2)OCO3)NC(=O)N(Cc2ccc3ccccc3c2)C1=O. The fraction of sp³-hybridized carbons (Fsp3) is 0.217. The Labute approximate surface area is 168 Å². The Hall–Kier alpha value is -3.54. The van der Waals surface area contributed by atoms with Crippen LogP contribution < -0.4 is 14.8 Å². The molecule has 0 radical (unpaired) electrons. The highest BCUT2D eigenvalue weighted by molar-refractivity contribution is 6.07. The molecular weight excluding hydrogens is 368 g/mol. The standard InChI is InChI=1S/C23H20N2O4/c1-23(12-15-7-9-19-20(11-15)29-14-28-19)21(26)25(22(27)24-23)13-16-6-8-17-4-2-3-5-18(17)10-16/h2-11H,12-14H2,1H3,(H,24,27). The highest BCUT2D eigenvalue weighted by atomic mass is 16.7. The van der Waals surface area contributed by atoms with E-state index < -0.39 is 5.54 Å². The zero-order valence-electron chi connectivity index (χ0n) is 16.0. The summed E-state index contributed by atoms with van der Waals surface area (Å²) < 4.78 is 10.7. The maximum absolute atomic E-state index is 13.1. The van der Waals surface area contributed by atoms with E-state index in [1.165, 1.54) is 4.90 Å². The predicted octanol–water partition coefficient (Wildman–Crippen LogP) is 3.62. The molecule has 1 unspecified atom stereocenters. The number of fused-ring (bicyclic) bond motifs is 2. The number of hydrogen-bond donors (Lipinski definition) is 1. The van der Waals surface area contributed by atoms with Crippen LogP contribution in [0.15, 0.2) is 60.7 Å². The first-order valence-corrected chi connectivity index (χ1v) is 9.52. The van der Waals surface area contributed by atoms with Crippen LogP contribution in [0.2, 0.25) is 0 Å². The fourth-order valence-electron chi connectivity index (χ4n) is 3.99. The monoisotopic (exact) mass is 388 g/mol. The second kappa shape index (κ2) is 6.51. The lowest BCUT2D eigenvalue weighted by Gasteiger charge is -2.22. The summed E-state index contributed by atoms with van der Waals surface area (Å²) in [6.45, 7) is 2.20. The first kappa shape index (κ1) is 17.6. The lowest BCUT2D eigenvalue weighted by molar-refractivity contribution is -0.131. The number of nitrogens with zero attached hydrogens (tertiary/aromatic N) is 1. The van der Waals surface area contributed by atoms with Crippen LogP contribution in [0.1, 0.15) is 18.1 Å². The van der Waals surface area contributed by atoms with Gasteiger partial charge in [0.25, 0.3) is 5.91 Å². The van der Waals surface area contributed by atoms with Gasteiger partial charge in [0, 0.05) is 6.42 Å². The number of hydrogen-bond acceptors (Lipinski definition) is 4. The number of rotatable bonds is 4. The Morgan fingerprint density at radius 2 is 1.69 bits per heavy atom. The average molecular weight is 388 g/mol. The Morgan fingerprint density at radius 3 is 2.55 bits per heavy atom. The summed E-state index contributed by atoms with van der Waals surface area (Å²) >= 11 is 0. The molecule has 146 valence electrons. The fourth-order valence-corrected chi connectivity index (χ4v) is 3.99. The van der Waals surface area contributed by atoms with Gasteiger partial charge in [0.1, 0.15) is 5.54 Å². The van der Waals surface area contributed by atoms with Crippen LogP contribution in [0.5, 0.6) is 11.5 Å². The lowest BCUT2D eigenvalue weighted by atomic mass is 9.92. The number of amides is 3. The smallest absolute Gasteiger partial charge is 0.325 e. The van der Waals surface area contributed by atoms with E-state index in [4.69, 9.17) is 9.47 Å². The quantitative estimate of drug-likeness (QED) is 0.693. The van der Waals surface area contributed by atoms with Gasteiger partial charge in [0.05, 0.1) is 6.54 Å². The third-order valence-corrected chi connectivity index (χ3v) is 5.49. The number of carbonyl (C=O) groups is 2. The van der Waals surface area contributed by atoms with Crippen molar-refractivity contribution in [1.82, 2.24) is 10.2 Å². The molecule has 0 aliphatic carbocycles. The number of urea groups is 1. The van der Waals surface area contributed by atoms with Crippen molar-refractivity contribution in [2.24, 2.45) is 0 Å². The first-order valence-electron chi connectivity index (χ1n) is 9.52. The van der Waals surface area contributed by atoms with Crippen molar-refractivity contribution < 1.29 is 19.1 Å². The van der Waals surface area contributed by atoms with Crippen molar-refractivity contribution in [1.29, 1.82) is 0 Å². The van der Waals surface area contributed by atoms with Crippen LogP contribution in [0.4, 0.5) is 4.79 Å². The van der Waals surface area contributed by atoms with Crippen LogP contribution in [-0.4, -0.2) is 29.2 Å². The molecule has 3 aromatic carbocycles. The summed E-state index contributed by atoms with van der Waals surface area (Å²) in [5, 5.41) is 5.08. The Balaban J connectivity index is 1.37. The van der Waals surface area contributed by atoms with Gasteiger partial charge >= 0.3 is 6.03 Å². The third kappa shape index (κ3) is 3.06. The molecule has 1 fully saturated rings. The molecule has 6 heteroatoms. The van der Waals surface area contributed by atoms with Gasteiger partial charge in [0.15, 0.2) is 11.5 Å². The topological polar surface area (TPSA) is 67.9 Å². The van der Waals surface area contributed by atoms with E-state index in [0.29, 0.717) is 17.9 Å². The van der Waals surface area contributed by atoms with Gasteiger partial charge in [0.2, 0.25) is 6.79 Å². The molecule has 29 heavy (non-hydrogen) atoms. The number of carbonyl (C=O) groups excluding carboxylic acids is 2. The molecule has 3 aromatic rings. The van der Waals surface area contributed by atoms with Crippen molar-refractivity contribution in [2.45, 2.75) is 25.4 Å². The Bertz CT molecular complexity index is 1140. The first-order chi connectivity index (χ1) is 14.0. The van der Waals surface area contributed by atoms with Crippen molar-refractivity contribution in [2.75, 3.05) is 6.79 Å². The average Bonchev–Trinajstić information content (AvgIpc) is 3.26. The van der Waals surface area contributed by atoms with E-state index in [9.17, 15) is 9.59 Å². The van der Waals surface area contributed by atoms with E-state index in [1.54, 1.807) is 6.92 Å². The minimum Gasteiger partial charge on any atom is -0.454 e. The molecule has 2 heterocycles. The van der Waals surface area contributed by atoms with Crippen LogP contribution in [0, 0.1) is 0 Å². The third-order valence-electron chi connectivity index (χ3n) is 5.49. The van der Waals surface area contributed by atoms with Crippen LogP contribution in [0.25, 0.3) is 10.8 Å². The van der Waals surface area contributed by atoms with Crippen molar-refractivity contribution in [3.05, 3.63) is 71.8 Å². The molecule has 0 spiro atoms. The zero-order chi connectivity index (χ0) is 20.0. The molecule has 0 bridgehead atoms. The molecule has 0 saturated carbocycles. The lowest BCUT2D eigenvalue weighted by Crippen LogP contribution is -2.45. The van der Waals surface area contributed by atoms with Crippen LogP contribution >= 0.6 is 0 Å². The molecule has 3 amide bonds. The molecule has 1 saturated heterocycles. The second-order valence-corrected chi connectivity index (χ2v) is 7.70. The number of ether oxygens (including phenoxy) is 2. The van der Waals surface area contributed by atoms with Gasteiger partial charge in [-0.1, -0.05) is 42.5 Å². The molecule has 1 N–H and O–H groups in total. The van der Waals surface area contributed by atoms with Gasteiger partial charge in [-0.3, -0.25) is 9.69 Å². The number of nitrogens with one attached hydrogen (secondary N) is 1. The Kier molecular flexibility index (Phi) is 3.94. The van der Waals surface area contributed by atoms with Crippen molar-refractivity contribution in [3.63, 3.8) is 0 Å². The van der Waals surface area contributed by atoms with E-state index in [2.05, 4.69) is 5.32 Å². The molecule has 1 atom stereocenters. The van der Waals surface area contributed by atoms with E-state index in [-0.39, 0.29) is 25.3 Å². The summed E-state index contributed by atoms with van der Waals surface area (Å²) in [6.07, 6.45) is 0.377. The molecule has 2 aliphatic rings. The minimum atomic E-state index is -0.998. The normalized spacial score (nSPS) is 20.4. The van der Waals surface area contributed by atoms with Gasteiger partial charge in [-0.15, -0.1) is 0 Å². The largest absolute Gasteiger partial charge is 0.454 e. The van der Waals surface area contributed by atoms with Crippen LogP contribution in [-0.2, 0) is 17.8 Å². The Morgan fingerprint density at radius 1 is 0.931 bits per heavy atom. The maximum atomic E-state index is 13.1. The number of imide groups is 1. The predicted molar refractivity (Wildman–Crippen MR) is 108 cm³/mol. The number of benzene rings is 3. The molecular formula is C23H20N2O4. The summed E-state index contributed by atoms with van der Waals surface area (Å²) in [7, 11) is 0. The summed E-state index contributed by atoms with van der Waals surface area (Å²) in [4.78, 5) is 27.0. The highest BCUT2D eigenvalue weighted by Gasteiger charge is 2.47. The van der Waals surface area contributed by atoms with E-state index in [0.717, 1.165) is 21.9 Å². The second-order valence-electron chi connectivity index (χ2n) is 7.70. The molecule has 0 aromatic heterocycles. The zero-order valence-corrected chi connectivity index (χ0v) is 16.0. The van der Waals surface area contributed by atoms with Gasteiger partial charge < -0.3 is 14.8 Å². The minimum absolute atomic E-state index is 0.200. The van der Waals surface area contributed by atoms with E-state index >= 15 is 0 Å². The maximum Gasteiger partial charge on any atom is 0.325 e. The summed E-state index contributed by atoms with van der Waals surface area (Å²) in [6, 6.07) is 19.2. The van der Waals surface area contributed by atoms with Gasteiger partial charge in [-0.05, 0) is 47.0 Å². The van der Waals surface area contributed by atoms with Crippen LogP contribution in [0.3, 0.4) is 0 Å². The van der Waals surface area contributed by atoms with Gasteiger partial charge in [-0.2, -0.15) is 0 Å². The van der Waals surface area contributed by atoms with Gasteiger partial charge in [-0.25, -0.2) is 4.79 Å². The molecule has 5 rings (SSSR count).